The van der Waals surface area contributed by atoms with Crippen LogP contribution in [0.2, 0.25) is 0 Å². The SMILES string of the molecule is CC1CCN(C(=O)COC(=O)Cn2[nH]c(=O)c3ccccc3c2=O)CC1. The highest BCUT2D eigenvalue weighted by Gasteiger charge is 2.21. The summed E-state index contributed by atoms with van der Waals surface area (Å²) in [6, 6.07) is 6.36. The van der Waals surface area contributed by atoms with Crippen LogP contribution in [0.4, 0.5) is 0 Å². The Kier molecular flexibility index (Phi) is 5.20. The number of hydrogen-bond acceptors (Lipinski definition) is 5. The first-order valence-corrected chi connectivity index (χ1v) is 8.61. The zero-order valence-electron chi connectivity index (χ0n) is 14.6. The summed E-state index contributed by atoms with van der Waals surface area (Å²) in [5.74, 6) is -0.403. The number of likely N-dealkylation sites (tertiary alicyclic amines) is 1. The number of hydrogen-bond donors (Lipinski definition) is 1. The summed E-state index contributed by atoms with van der Waals surface area (Å²) in [4.78, 5) is 50.1. The minimum atomic E-state index is -0.753. The second kappa shape index (κ2) is 7.55. The molecule has 1 saturated heterocycles. The fraction of sp³-hybridized carbons (Fsp3) is 0.444. The van der Waals surface area contributed by atoms with Crippen molar-refractivity contribution in [3.8, 4) is 0 Å². The number of rotatable bonds is 4. The van der Waals surface area contributed by atoms with Crippen LogP contribution in [0, 0.1) is 5.92 Å². The van der Waals surface area contributed by atoms with Gasteiger partial charge in [-0.2, -0.15) is 0 Å². The van der Waals surface area contributed by atoms with Gasteiger partial charge in [-0.1, -0.05) is 19.1 Å². The van der Waals surface area contributed by atoms with E-state index in [-0.39, 0.29) is 23.3 Å². The molecule has 8 nitrogen and oxygen atoms in total. The molecule has 1 aromatic carbocycles. The Morgan fingerprint density at radius 1 is 1.15 bits per heavy atom. The monoisotopic (exact) mass is 359 g/mol. The Morgan fingerprint density at radius 3 is 2.50 bits per heavy atom. The van der Waals surface area contributed by atoms with Crippen LogP contribution in [0.3, 0.4) is 0 Å². The zero-order chi connectivity index (χ0) is 18.7. The minimum Gasteiger partial charge on any atom is -0.454 e. The van der Waals surface area contributed by atoms with Gasteiger partial charge in [0.1, 0.15) is 6.54 Å². The number of esters is 1. The molecule has 0 aliphatic carbocycles. The van der Waals surface area contributed by atoms with Gasteiger partial charge < -0.3 is 9.64 Å². The van der Waals surface area contributed by atoms with Gasteiger partial charge in [-0.05, 0) is 30.9 Å². The highest BCUT2D eigenvalue weighted by Crippen LogP contribution is 2.15. The van der Waals surface area contributed by atoms with Crippen LogP contribution in [0.5, 0.6) is 0 Å². The quantitative estimate of drug-likeness (QED) is 0.801. The predicted molar refractivity (Wildman–Crippen MR) is 94.8 cm³/mol. The van der Waals surface area contributed by atoms with E-state index in [4.69, 9.17) is 4.74 Å². The maximum Gasteiger partial charge on any atom is 0.328 e. The molecule has 0 saturated carbocycles. The summed E-state index contributed by atoms with van der Waals surface area (Å²) >= 11 is 0. The third-order valence-corrected chi connectivity index (χ3v) is 4.66. The van der Waals surface area contributed by atoms with E-state index in [2.05, 4.69) is 12.0 Å². The summed E-state index contributed by atoms with van der Waals surface area (Å²) in [6.07, 6.45) is 1.88. The van der Waals surface area contributed by atoms with Crippen molar-refractivity contribution in [2.45, 2.75) is 26.3 Å². The van der Waals surface area contributed by atoms with Gasteiger partial charge in [0.05, 0.1) is 10.8 Å². The molecule has 1 aliphatic heterocycles. The van der Waals surface area contributed by atoms with Gasteiger partial charge in [0.25, 0.3) is 17.0 Å². The lowest BCUT2D eigenvalue weighted by molar-refractivity contribution is -0.153. The highest BCUT2D eigenvalue weighted by molar-refractivity contribution is 5.82. The molecule has 0 atom stereocenters. The second-order valence-electron chi connectivity index (χ2n) is 6.60. The Hall–Kier alpha value is -2.90. The molecule has 1 N–H and O–H groups in total. The van der Waals surface area contributed by atoms with Crippen LogP contribution in [0.1, 0.15) is 19.8 Å². The molecule has 1 fully saturated rings. The molecule has 1 amide bonds. The van der Waals surface area contributed by atoms with Crippen LogP contribution in [-0.2, 0) is 20.9 Å². The van der Waals surface area contributed by atoms with Gasteiger partial charge in [-0.25, -0.2) is 4.68 Å². The molecule has 0 bridgehead atoms. The molecule has 1 aromatic heterocycles. The molecular formula is C18H21N3O5. The van der Waals surface area contributed by atoms with E-state index in [0.717, 1.165) is 17.5 Å². The van der Waals surface area contributed by atoms with E-state index >= 15 is 0 Å². The van der Waals surface area contributed by atoms with Crippen LogP contribution in [0.25, 0.3) is 10.8 Å². The average molecular weight is 359 g/mol. The van der Waals surface area contributed by atoms with Crippen LogP contribution >= 0.6 is 0 Å². The van der Waals surface area contributed by atoms with Crippen molar-refractivity contribution in [3.05, 3.63) is 45.0 Å². The van der Waals surface area contributed by atoms with Crippen molar-refractivity contribution in [3.63, 3.8) is 0 Å². The number of carbonyl (C=O) groups is 2. The fourth-order valence-corrected chi connectivity index (χ4v) is 3.02. The Balaban J connectivity index is 1.63. The molecule has 0 unspecified atom stereocenters. The molecule has 0 spiro atoms. The van der Waals surface area contributed by atoms with Gasteiger partial charge in [-0.3, -0.25) is 24.3 Å². The molecule has 0 radical (unpaired) electrons. The summed E-state index contributed by atoms with van der Waals surface area (Å²) in [5, 5.41) is 2.84. The van der Waals surface area contributed by atoms with Crippen LogP contribution in [-0.4, -0.2) is 46.3 Å². The number of amides is 1. The van der Waals surface area contributed by atoms with Gasteiger partial charge in [-0.15, -0.1) is 0 Å². The summed E-state index contributed by atoms with van der Waals surface area (Å²) in [6.45, 7) is 2.65. The van der Waals surface area contributed by atoms with Crippen LogP contribution in [0.15, 0.2) is 33.9 Å². The molecule has 1 aliphatic rings. The topological polar surface area (TPSA) is 101 Å². The normalized spacial score (nSPS) is 15.2. The highest BCUT2D eigenvalue weighted by atomic mass is 16.5. The predicted octanol–water partition coefficient (Wildman–Crippen LogP) is 0.491. The number of benzene rings is 1. The van der Waals surface area contributed by atoms with E-state index in [1.807, 2.05) is 0 Å². The Labute approximate surface area is 149 Å². The number of H-pyrrole nitrogens is 1. The number of piperidine rings is 1. The number of ether oxygens (including phenoxy) is 1. The summed E-state index contributed by atoms with van der Waals surface area (Å²) in [7, 11) is 0. The lowest BCUT2D eigenvalue weighted by Crippen LogP contribution is -2.40. The molecule has 8 heteroatoms. The number of carbonyl (C=O) groups excluding carboxylic acids is 2. The summed E-state index contributed by atoms with van der Waals surface area (Å²) in [5.41, 5.74) is -0.958. The van der Waals surface area contributed by atoms with Crippen molar-refractivity contribution in [2.24, 2.45) is 5.92 Å². The van der Waals surface area contributed by atoms with Crippen molar-refractivity contribution < 1.29 is 14.3 Å². The van der Waals surface area contributed by atoms with E-state index in [0.29, 0.717) is 19.0 Å². The first kappa shape index (κ1) is 17.9. The maximum absolute atomic E-state index is 12.3. The maximum atomic E-state index is 12.3. The minimum absolute atomic E-state index is 0.225. The van der Waals surface area contributed by atoms with Gasteiger partial charge >= 0.3 is 5.97 Å². The van der Waals surface area contributed by atoms with E-state index in [1.165, 1.54) is 12.1 Å². The van der Waals surface area contributed by atoms with Gasteiger partial charge in [0.2, 0.25) is 0 Å². The number of aromatic amines is 1. The number of fused-ring (bicyclic) bond motifs is 1. The largest absolute Gasteiger partial charge is 0.454 e. The third-order valence-electron chi connectivity index (χ3n) is 4.66. The van der Waals surface area contributed by atoms with Gasteiger partial charge in [0.15, 0.2) is 6.61 Å². The van der Waals surface area contributed by atoms with Crippen LogP contribution < -0.4 is 11.1 Å². The molecule has 26 heavy (non-hydrogen) atoms. The fourth-order valence-electron chi connectivity index (χ4n) is 3.02. The number of nitrogens with zero attached hydrogens (tertiary/aromatic N) is 2. The third kappa shape index (κ3) is 3.84. The van der Waals surface area contributed by atoms with Crippen molar-refractivity contribution in [1.82, 2.24) is 14.7 Å². The number of nitrogens with one attached hydrogen (secondary N) is 1. The Morgan fingerprint density at radius 2 is 1.81 bits per heavy atom. The standard InChI is InChI=1S/C18H21N3O5/c1-12-6-8-20(9-7-12)15(22)11-26-16(23)10-21-18(25)14-5-3-2-4-13(14)17(24)19-21/h2-5,12H,6-11H2,1H3,(H,19,24). The molecule has 138 valence electrons. The Bertz CT molecular complexity index is 938. The smallest absolute Gasteiger partial charge is 0.328 e. The molecule has 3 rings (SSSR count). The first-order chi connectivity index (χ1) is 12.5. The second-order valence-corrected chi connectivity index (χ2v) is 6.60. The average Bonchev–Trinajstić information content (AvgIpc) is 2.64. The van der Waals surface area contributed by atoms with Crippen molar-refractivity contribution in [2.75, 3.05) is 19.7 Å². The lowest BCUT2D eigenvalue weighted by Gasteiger charge is -2.30. The lowest BCUT2D eigenvalue weighted by atomic mass is 9.99. The van der Waals surface area contributed by atoms with E-state index < -0.39 is 23.6 Å². The molecular weight excluding hydrogens is 338 g/mol. The first-order valence-electron chi connectivity index (χ1n) is 8.61. The van der Waals surface area contributed by atoms with Crippen molar-refractivity contribution in [1.29, 1.82) is 0 Å². The van der Waals surface area contributed by atoms with E-state index in [9.17, 15) is 19.2 Å². The van der Waals surface area contributed by atoms with E-state index in [1.54, 1.807) is 17.0 Å². The number of aromatic nitrogens is 2. The van der Waals surface area contributed by atoms with Crippen molar-refractivity contribution >= 4 is 22.6 Å². The molecule has 2 heterocycles. The summed E-state index contributed by atoms with van der Waals surface area (Å²) < 4.78 is 5.89. The zero-order valence-corrected chi connectivity index (χ0v) is 14.6. The van der Waals surface area contributed by atoms with Gasteiger partial charge in [0, 0.05) is 13.1 Å². The molecule has 2 aromatic rings.